The molecule has 0 saturated heterocycles. The number of nitrogens with zero attached hydrogens (tertiary/aromatic N) is 2. The molecule has 1 aromatic heterocycles. The molecule has 24 heavy (non-hydrogen) atoms. The van der Waals surface area contributed by atoms with Gasteiger partial charge >= 0.3 is 0 Å². The van der Waals surface area contributed by atoms with E-state index in [1.54, 1.807) is 19.1 Å². The molecule has 124 valence electrons. The van der Waals surface area contributed by atoms with Crippen molar-refractivity contribution < 1.29 is 13.9 Å². The zero-order valence-electron chi connectivity index (χ0n) is 13.7. The molecule has 0 radical (unpaired) electrons. The van der Waals surface area contributed by atoms with Crippen LogP contribution >= 0.6 is 0 Å². The number of carbonyl (C=O) groups is 1. The first-order chi connectivity index (χ1) is 11.4. The fourth-order valence-electron chi connectivity index (χ4n) is 1.86. The van der Waals surface area contributed by atoms with Crippen LogP contribution in [0.25, 0.3) is 0 Å². The lowest BCUT2D eigenvalue weighted by Gasteiger charge is -2.27. The molecule has 1 heterocycles. The highest BCUT2D eigenvalue weighted by molar-refractivity contribution is 5.97. The van der Waals surface area contributed by atoms with Gasteiger partial charge in [-0.1, -0.05) is 13.8 Å². The lowest BCUT2D eigenvalue weighted by atomic mass is 9.90. The van der Waals surface area contributed by atoms with Gasteiger partial charge in [0, 0.05) is 6.20 Å². The Morgan fingerprint density at radius 2 is 2.00 bits per heavy atom. The molecular weight excluding hydrogens is 309 g/mol. The number of hydrogen-bond acceptors (Lipinski definition) is 4. The van der Waals surface area contributed by atoms with Gasteiger partial charge in [-0.05, 0) is 49.2 Å². The van der Waals surface area contributed by atoms with Crippen molar-refractivity contribution in [1.29, 1.82) is 5.26 Å². The molecule has 1 unspecified atom stereocenters. The fourth-order valence-corrected chi connectivity index (χ4v) is 1.86. The summed E-state index contributed by atoms with van der Waals surface area (Å²) in [4.78, 5) is 16.6. The van der Waals surface area contributed by atoms with E-state index >= 15 is 0 Å². The van der Waals surface area contributed by atoms with Crippen molar-refractivity contribution >= 4 is 5.91 Å². The number of amides is 1. The third kappa shape index (κ3) is 3.87. The second-order valence-corrected chi connectivity index (χ2v) is 5.84. The first-order valence-electron chi connectivity index (χ1n) is 7.48. The first kappa shape index (κ1) is 17.4. The molecule has 1 N–H and O–H groups in total. The molecule has 5 nitrogen and oxygen atoms in total. The Labute approximate surface area is 140 Å². The molecule has 0 saturated carbocycles. The summed E-state index contributed by atoms with van der Waals surface area (Å²) in [6.07, 6.45) is 1.49. The Bertz CT molecular complexity index is 769. The van der Waals surface area contributed by atoms with Gasteiger partial charge in [-0.2, -0.15) is 5.26 Å². The maximum absolute atomic E-state index is 13.0. The largest absolute Gasteiger partial charge is 0.438 e. The Kier molecular flexibility index (Phi) is 5.14. The summed E-state index contributed by atoms with van der Waals surface area (Å²) in [6, 6.07) is 10.7. The lowest BCUT2D eigenvalue weighted by Crippen LogP contribution is -2.48. The molecule has 6 heteroatoms. The van der Waals surface area contributed by atoms with Gasteiger partial charge in [-0.15, -0.1) is 0 Å². The van der Waals surface area contributed by atoms with Gasteiger partial charge in [-0.3, -0.25) is 4.79 Å². The molecule has 0 aliphatic rings. The fraction of sp³-hybridized carbons (Fsp3) is 0.278. The van der Waals surface area contributed by atoms with E-state index in [0.29, 0.717) is 5.75 Å². The van der Waals surface area contributed by atoms with Crippen molar-refractivity contribution in [2.45, 2.75) is 26.3 Å². The van der Waals surface area contributed by atoms with Crippen molar-refractivity contribution in [2.75, 3.05) is 0 Å². The predicted molar refractivity (Wildman–Crippen MR) is 87.0 cm³/mol. The maximum Gasteiger partial charge on any atom is 0.258 e. The Balaban J connectivity index is 2.27. The molecule has 0 fully saturated rings. The second-order valence-electron chi connectivity index (χ2n) is 5.84. The van der Waals surface area contributed by atoms with E-state index < -0.39 is 11.4 Å². The van der Waals surface area contributed by atoms with Crippen LogP contribution in [-0.2, 0) is 0 Å². The Morgan fingerprint density at radius 1 is 1.33 bits per heavy atom. The molecule has 0 aliphatic heterocycles. The van der Waals surface area contributed by atoms with Crippen molar-refractivity contribution in [1.82, 2.24) is 10.3 Å². The summed E-state index contributed by atoms with van der Waals surface area (Å²) < 4.78 is 18.5. The molecule has 1 amide bonds. The molecule has 0 spiro atoms. The summed E-state index contributed by atoms with van der Waals surface area (Å²) in [5, 5.41) is 12.0. The van der Waals surface area contributed by atoms with Gasteiger partial charge in [0.25, 0.3) is 5.91 Å². The van der Waals surface area contributed by atoms with Gasteiger partial charge in [0.15, 0.2) is 0 Å². The molecule has 2 rings (SSSR count). The van der Waals surface area contributed by atoms with Crippen molar-refractivity contribution in [3.05, 3.63) is 54.0 Å². The van der Waals surface area contributed by atoms with E-state index in [1.807, 2.05) is 13.8 Å². The number of nitrogens with one attached hydrogen (secondary N) is 1. The second kappa shape index (κ2) is 7.09. The van der Waals surface area contributed by atoms with Crippen LogP contribution in [0.3, 0.4) is 0 Å². The van der Waals surface area contributed by atoms with Crippen LogP contribution in [0.1, 0.15) is 31.1 Å². The highest BCUT2D eigenvalue weighted by Crippen LogP contribution is 2.24. The molecule has 0 aliphatic carbocycles. The van der Waals surface area contributed by atoms with Gasteiger partial charge < -0.3 is 10.1 Å². The van der Waals surface area contributed by atoms with Crippen LogP contribution in [0.15, 0.2) is 42.6 Å². The van der Waals surface area contributed by atoms with E-state index in [0.717, 1.165) is 0 Å². The molecule has 0 bridgehead atoms. The number of aromatic nitrogens is 1. The number of pyridine rings is 1. The third-order valence-corrected chi connectivity index (χ3v) is 3.80. The van der Waals surface area contributed by atoms with E-state index in [4.69, 9.17) is 4.74 Å². The Morgan fingerprint density at radius 3 is 2.58 bits per heavy atom. The minimum Gasteiger partial charge on any atom is -0.438 e. The number of hydrogen-bond donors (Lipinski definition) is 1. The van der Waals surface area contributed by atoms with Gasteiger partial charge in [0.05, 0.1) is 6.07 Å². The zero-order chi connectivity index (χ0) is 17.7. The predicted octanol–water partition coefficient (Wildman–Crippen LogP) is 3.68. The normalized spacial score (nSPS) is 13.0. The zero-order valence-corrected chi connectivity index (χ0v) is 13.7. The first-order valence-corrected chi connectivity index (χ1v) is 7.48. The van der Waals surface area contributed by atoms with Crippen LogP contribution in [0.4, 0.5) is 4.39 Å². The summed E-state index contributed by atoms with van der Waals surface area (Å²) in [7, 11) is 0. The van der Waals surface area contributed by atoms with Crippen LogP contribution in [-0.4, -0.2) is 16.4 Å². The van der Waals surface area contributed by atoms with E-state index in [9.17, 15) is 14.4 Å². The van der Waals surface area contributed by atoms with Crippen LogP contribution < -0.4 is 10.1 Å². The topological polar surface area (TPSA) is 75.0 Å². The van der Waals surface area contributed by atoms with Crippen LogP contribution in [0.5, 0.6) is 11.6 Å². The van der Waals surface area contributed by atoms with E-state index in [1.165, 1.54) is 30.5 Å². The Hall–Kier alpha value is -2.94. The summed E-state index contributed by atoms with van der Waals surface area (Å²) in [5.41, 5.74) is -0.816. The molecule has 1 aromatic carbocycles. The molecular formula is C18H18FN3O2. The van der Waals surface area contributed by atoms with E-state index in [-0.39, 0.29) is 23.2 Å². The minimum atomic E-state index is -1.01. The average Bonchev–Trinajstić information content (AvgIpc) is 2.57. The van der Waals surface area contributed by atoms with Gasteiger partial charge in [-0.25, -0.2) is 9.37 Å². The number of halogens is 1. The molecule has 2 aromatic rings. The third-order valence-electron chi connectivity index (χ3n) is 3.80. The number of carbonyl (C=O) groups excluding carboxylic acids is 1. The summed E-state index contributed by atoms with van der Waals surface area (Å²) >= 11 is 0. The minimum absolute atomic E-state index is 0.0791. The number of rotatable bonds is 5. The quantitative estimate of drug-likeness (QED) is 0.909. The van der Waals surface area contributed by atoms with Crippen molar-refractivity contribution in [2.24, 2.45) is 5.92 Å². The standard InChI is InChI=1S/C18H18FN3O2/c1-12(2)18(3,11-20)22-16(23)15-5-4-10-21-17(15)24-14-8-6-13(19)7-9-14/h4-10,12H,1-3H3,(H,22,23). The maximum atomic E-state index is 13.0. The summed E-state index contributed by atoms with van der Waals surface area (Å²) in [5.74, 6) is -0.479. The highest BCUT2D eigenvalue weighted by atomic mass is 19.1. The lowest BCUT2D eigenvalue weighted by molar-refractivity contribution is 0.0905. The molecule has 1 atom stereocenters. The summed E-state index contributed by atoms with van der Waals surface area (Å²) in [6.45, 7) is 5.36. The number of benzene rings is 1. The SMILES string of the molecule is CC(C)C(C)(C#N)NC(=O)c1cccnc1Oc1ccc(F)cc1. The monoisotopic (exact) mass is 327 g/mol. The van der Waals surface area contributed by atoms with Crippen LogP contribution in [0.2, 0.25) is 0 Å². The van der Waals surface area contributed by atoms with E-state index in [2.05, 4.69) is 16.4 Å². The van der Waals surface area contributed by atoms with Gasteiger partial charge in [0.2, 0.25) is 5.88 Å². The van der Waals surface area contributed by atoms with Crippen molar-refractivity contribution in [3.63, 3.8) is 0 Å². The van der Waals surface area contributed by atoms with Crippen molar-refractivity contribution in [3.8, 4) is 17.7 Å². The van der Waals surface area contributed by atoms with Gasteiger partial charge in [0.1, 0.15) is 22.7 Å². The number of ether oxygens (including phenoxy) is 1. The highest BCUT2D eigenvalue weighted by Gasteiger charge is 2.31. The number of nitriles is 1. The van der Waals surface area contributed by atoms with Crippen LogP contribution in [0, 0.1) is 23.1 Å². The average molecular weight is 327 g/mol. The smallest absolute Gasteiger partial charge is 0.258 e.